The van der Waals surface area contributed by atoms with Crippen LogP contribution in [0.2, 0.25) is 0 Å². The molecule has 0 radical (unpaired) electrons. The van der Waals surface area contributed by atoms with Crippen LogP contribution in [0.3, 0.4) is 0 Å². The predicted molar refractivity (Wildman–Crippen MR) is 104 cm³/mol. The zero-order chi connectivity index (χ0) is 18.8. The highest BCUT2D eigenvalue weighted by Crippen LogP contribution is 2.31. The number of hydrogen-bond donors (Lipinski definition) is 0. The Morgan fingerprint density at radius 2 is 1.85 bits per heavy atom. The Hall–Kier alpha value is -3.08. The molecule has 0 bridgehead atoms. The highest BCUT2D eigenvalue weighted by atomic mass is 16.6. The van der Waals surface area contributed by atoms with E-state index < -0.39 is 0 Å². The average Bonchev–Trinajstić information content (AvgIpc) is 2.70. The van der Waals surface area contributed by atoms with Gasteiger partial charge in [0.25, 0.3) is 5.91 Å². The van der Waals surface area contributed by atoms with Crippen molar-refractivity contribution in [2.45, 2.75) is 26.4 Å². The zero-order valence-corrected chi connectivity index (χ0v) is 15.5. The molecule has 1 aliphatic rings. The van der Waals surface area contributed by atoms with Crippen molar-refractivity contribution in [3.05, 3.63) is 65.9 Å². The summed E-state index contributed by atoms with van der Waals surface area (Å²) in [4.78, 5) is 19.6. The molecule has 2 heterocycles. The van der Waals surface area contributed by atoms with E-state index in [1.54, 1.807) is 12.3 Å². The van der Waals surface area contributed by atoms with Gasteiger partial charge in [-0.1, -0.05) is 24.3 Å². The summed E-state index contributed by atoms with van der Waals surface area (Å²) in [6.07, 6.45) is 1.69. The number of benzene rings is 2. The van der Waals surface area contributed by atoms with Crippen LogP contribution in [0.25, 0.3) is 10.9 Å². The molecule has 138 valence electrons. The lowest BCUT2D eigenvalue weighted by atomic mass is 10.1. The number of nitrogens with zero attached hydrogens (tertiary/aromatic N) is 2. The summed E-state index contributed by atoms with van der Waals surface area (Å²) in [5.41, 5.74) is 2.51. The normalized spacial score (nSPS) is 13.0. The third kappa shape index (κ3) is 3.45. The lowest BCUT2D eigenvalue weighted by molar-refractivity contribution is 0.0692. The number of carbonyl (C=O) groups is 1. The lowest BCUT2D eigenvalue weighted by Gasteiger charge is -2.28. The summed E-state index contributed by atoms with van der Waals surface area (Å²) in [6.45, 7) is 5.67. The van der Waals surface area contributed by atoms with Crippen LogP contribution in [0, 0.1) is 0 Å². The van der Waals surface area contributed by atoms with Crippen LogP contribution in [0.4, 0.5) is 0 Å². The van der Waals surface area contributed by atoms with E-state index >= 15 is 0 Å². The molecule has 1 aliphatic heterocycles. The van der Waals surface area contributed by atoms with Crippen molar-refractivity contribution in [1.82, 2.24) is 9.88 Å². The summed E-state index contributed by atoms with van der Waals surface area (Å²) < 4.78 is 11.3. The first-order chi connectivity index (χ1) is 13.1. The van der Waals surface area contributed by atoms with Gasteiger partial charge in [-0.25, -0.2) is 0 Å². The number of hydrogen-bond acceptors (Lipinski definition) is 4. The van der Waals surface area contributed by atoms with E-state index in [-0.39, 0.29) is 11.9 Å². The Morgan fingerprint density at radius 3 is 2.67 bits per heavy atom. The molecular weight excluding hydrogens is 340 g/mol. The molecule has 0 fully saturated rings. The van der Waals surface area contributed by atoms with Gasteiger partial charge in [-0.05, 0) is 43.7 Å². The number of ether oxygens (including phenoxy) is 2. The van der Waals surface area contributed by atoms with Gasteiger partial charge in [0.2, 0.25) is 0 Å². The molecule has 0 saturated heterocycles. The Labute approximate surface area is 158 Å². The number of amides is 1. The predicted octanol–water partition coefficient (Wildman–Crippen LogP) is 4.06. The third-order valence-corrected chi connectivity index (χ3v) is 4.72. The smallest absolute Gasteiger partial charge is 0.255 e. The summed E-state index contributed by atoms with van der Waals surface area (Å²) in [6, 6.07) is 15.4. The molecule has 0 unspecified atom stereocenters. The van der Waals surface area contributed by atoms with Crippen LogP contribution in [0.15, 0.2) is 54.7 Å². The molecule has 1 aromatic heterocycles. The Kier molecular flexibility index (Phi) is 4.67. The van der Waals surface area contributed by atoms with Crippen LogP contribution >= 0.6 is 0 Å². The number of carbonyl (C=O) groups excluding carboxylic acids is 1. The molecule has 5 heteroatoms. The Bertz CT molecular complexity index is 979. The molecule has 0 atom stereocenters. The van der Waals surface area contributed by atoms with E-state index in [1.165, 1.54) is 0 Å². The second kappa shape index (κ2) is 7.27. The highest BCUT2D eigenvalue weighted by Gasteiger charge is 2.22. The van der Waals surface area contributed by atoms with Crippen molar-refractivity contribution in [2.75, 3.05) is 13.2 Å². The van der Waals surface area contributed by atoms with Crippen molar-refractivity contribution in [2.24, 2.45) is 0 Å². The number of aromatic nitrogens is 1. The van der Waals surface area contributed by atoms with E-state index in [2.05, 4.69) is 4.98 Å². The van der Waals surface area contributed by atoms with E-state index in [0.29, 0.717) is 25.3 Å². The summed E-state index contributed by atoms with van der Waals surface area (Å²) >= 11 is 0. The average molecular weight is 362 g/mol. The van der Waals surface area contributed by atoms with E-state index in [0.717, 1.165) is 28.0 Å². The monoisotopic (exact) mass is 362 g/mol. The standard InChI is InChI=1S/C22H22N2O3/c1-15(2)24(14-16-7-8-20-21(13-16)27-12-11-26-20)22(25)18-9-10-23-19-6-4-3-5-17(18)19/h3-10,13,15H,11-12,14H2,1-2H3. The lowest BCUT2D eigenvalue weighted by Crippen LogP contribution is -2.36. The quantitative estimate of drug-likeness (QED) is 0.702. The second-order valence-corrected chi connectivity index (χ2v) is 6.88. The fraction of sp³-hybridized carbons (Fsp3) is 0.273. The van der Waals surface area contributed by atoms with Crippen LogP contribution in [-0.4, -0.2) is 35.0 Å². The van der Waals surface area contributed by atoms with Crippen molar-refractivity contribution in [1.29, 1.82) is 0 Å². The maximum atomic E-state index is 13.3. The van der Waals surface area contributed by atoms with Crippen LogP contribution in [-0.2, 0) is 6.54 Å². The van der Waals surface area contributed by atoms with Gasteiger partial charge in [0.1, 0.15) is 13.2 Å². The number of para-hydroxylation sites is 1. The molecule has 27 heavy (non-hydrogen) atoms. The van der Waals surface area contributed by atoms with Gasteiger partial charge in [-0.3, -0.25) is 9.78 Å². The molecule has 1 amide bonds. The fourth-order valence-corrected chi connectivity index (χ4v) is 3.31. The second-order valence-electron chi connectivity index (χ2n) is 6.88. The van der Waals surface area contributed by atoms with Gasteiger partial charge in [-0.2, -0.15) is 0 Å². The molecule has 2 aromatic carbocycles. The van der Waals surface area contributed by atoms with E-state index in [9.17, 15) is 4.79 Å². The SMILES string of the molecule is CC(C)N(Cc1ccc2c(c1)OCCO2)C(=O)c1ccnc2ccccc12. The summed E-state index contributed by atoms with van der Waals surface area (Å²) in [5.74, 6) is 1.50. The highest BCUT2D eigenvalue weighted by molar-refractivity contribution is 6.06. The minimum Gasteiger partial charge on any atom is -0.486 e. The molecule has 5 nitrogen and oxygen atoms in total. The minimum atomic E-state index is -0.00140. The van der Waals surface area contributed by atoms with E-state index in [4.69, 9.17) is 9.47 Å². The summed E-state index contributed by atoms with van der Waals surface area (Å²) in [7, 11) is 0. The van der Waals surface area contributed by atoms with Gasteiger partial charge < -0.3 is 14.4 Å². The largest absolute Gasteiger partial charge is 0.486 e. The van der Waals surface area contributed by atoms with Crippen molar-refractivity contribution >= 4 is 16.8 Å². The van der Waals surface area contributed by atoms with Gasteiger partial charge in [0.15, 0.2) is 11.5 Å². The Balaban J connectivity index is 1.65. The van der Waals surface area contributed by atoms with Gasteiger partial charge in [0.05, 0.1) is 11.1 Å². The topological polar surface area (TPSA) is 51.7 Å². The number of rotatable bonds is 4. The first-order valence-electron chi connectivity index (χ1n) is 9.17. The first kappa shape index (κ1) is 17.3. The zero-order valence-electron chi connectivity index (χ0n) is 15.5. The molecule has 0 aliphatic carbocycles. The van der Waals surface area contributed by atoms with E-state index in [1.807, 2.05) is 61.2 Å². The van der Waals surface area contributed by atoms with Crippen LogP contribution < -0.4 is 9.47 Å². The molecule has 0 spiro atoms. The minimum absolute atomic E-state index is 0.00140. The number of fused-ring (bicyclic) bond motifs is 2. The summed E-state index contributed by atoms with van der Waals surface area (Å²) in [5, 5.41) is 0.873. The maximum absolute atomic E-state index is 13.3. The Morgan fingerprint density at radius 1 is 1.07 bits per heavy atom. The molecule has 0 N–H and O–H groups in total. The first-order valence-corrected chi connectivity index (χ1v) is 9.17. The molecular formula is C22H22N2O3. The number of pyridine rings is 1. The van der Waals surface area contributed by atoms with Crippen LogP contribution in [0.5, 0.6) is 11.5 Å². The molecule has 4 rings (SSSR count). The maximum Gasteiger partial charge on any atom is 0.255 e. The van der Waals surface area contributed by atoms with Gasteiger partial charge in [0, 0.05) is 24.2 Å². The van der Waals surface area contributed by atoms with Crippen molar-refractivity contribution in [3.63, 3.8) is 0 Å². The fourth-order valence-electron chi connectivity index (χ4n) is 3.31. The molecule has 0 saturated carbocycles. The van der Waals surface area contributed by atoms with Crippen molar-refractivity contribution in [3.8, 4) is 11.5 Å². The third-order valence-electron chi connectivity index (χ3n) is 4.72. The van der Waals surface area contributed by atoms with Crippen molar-refractivity contribution < 1.29 is 14.3 Å². The van der Waals surface area contributed by atoms with Gasteiger partial charge in [-0.15, -0.1) is 0 Å². The molecule has 3 aromatic rings. The van der Waals surface area contributed by atoms with Gasteiger partial charge >= 0.3 is 0 Å². The van der Waals surface area contributed by atoms with Crippen LogP contribution in [0.1, 0.15) is 29.8 Å².